The van der Waals surface area contributed by atoms with E-state index >= 15 is 0 Å². The second-order valence-corrected chi connectivity index (χ2v) is 4.79. The minimum atomic E-state index is 0.718. The summed E-state index contributed by atoms with van der Waals surface area (Å²) in [6.45, 7) is 8.12. The monoisotopic (exact) mass is 228 g/mol. The molecule has 16 heavy (non-hydrogen) atoms. The van der Waals surface area contributed by atoms with Crippen molar-refractivity contribution in [2.75, 3.05) is 39.9 Å². The average molecular weight is 228 g/mol. The van der Waals surface area contributed by atoms with Crippen LogP contribution in [-0.4, -0.2) is 50.8 Å². The first kappa shape index (κ1) is 13.9. The second kappa shape index (κ2) is 8.97. The number of hydrogen-bond acceptors (Lipinski definition) is 3. The minimum Gasteiger partial charge on any atom is -0.385 e. The molecule has 0 aliphatic carbocycles. The topological polar surface area (TPSA) is 24.5 Å². The Morgan fingerprint density at radius 3 is 3.00 bits per heavy atom. The van der Waals surface area contributed by atoms with Crippen LogP contribution in [0.3, 0.4) is 0 Å². The van der Waals surface area contributed by atoms with E-state index in [-0.39, 0.29) is 0 Å². The van der Waals surface area contributed by atoms with Crippen molar-refractivity contribution >= 4 is 0 Å². The zero-order valence-corrected chi connectivity index (χ0v) is 11.0. The molecular formula is C13H28N2O. The molecule has 1 aliphatic heterocycles. The van der Waals surface area contributed by atoms with Crippen molar-refractivity contribution in [1.29, 1.82) is 0 Å². The largest absolute Gasteiger partial charge is 0.385 e. The molecule has 0 aromatic rings. The van der Waals surface area contributed by atoms with Gasteiger partial charge < -0.3 is 15.0 Å². The molecule has 0 aromatic carbocycles. The SMILES string of the molecule is CCCC1CN(CCCCOC)CCCN1. The summed E-state index contributed by atoms with van der Waals surface area (Å²) in [5, 5.41) is 3.65. The fourth-order valence-electron chi connectivity index (χ4n) is 2.40. The number of nitrogens with zero attached hydrogens (tertiary/aromatic N) is 1. The van der Waals surface area contributed by atoms with E-state index in [9.17, 15) is 0 Å². The summed E-state index contributed by atoms with van der Waals surface area (Å²) in [7, 11) is 1.78. The Bertz CT molecular complexity index is 164. The lowest BCUT2D eigenvalue weighted by Gasteiger charge is -2.24. The molecule has 1 atom stereocenters. The molecule has 0 radical (unpaired) electrons. The fourth-order valence-corrected chi connectivity index (χ4v) is 2.40. The number of unbranched alkanes of at least 4 members (excludes halogenated alkanes) is 1. The predicted octanol–water partition coefficient (Wildman–Crippen LogP) is 1.88. The van der Waals surface area contributed by atoms with Gasteiger partial charge in [0.25, 0.3) is 0 Å². The molecule has 1 N–H and O–H groups in total. The lowest BCUT2D eigenvalue weighted by atomic mass is 10.1. The van der Waals surface area contributed by atoms with Crippen LogP contribution < -0.4 is 5.32 Å². The van der Waals surface area contributed by atoms with Crippen LogP contribution in [0.4, 0.5) is 0 Å². The quantitative estimate of drug-likeness (QED) is 0.673. The Morgan fingerprint density at radius 2 is 2.25 bits per heavy atom. The molecular weight excluding hydrogens is 200 g/mol. The molecule has 0 saturated carbocycles. The molecule has 1 aliphatic rings. The molecule has 3 nitrogen and oxygen atoms in total. The Morgan fingerprint density at radius 1 is 1.38 bits per heavy atom. The molecule has 1 heterocycles. The van der Waals surface area contributed by atoms with Crippen LogP contribution in [0.15, 0.2) is 0 Å². The third kappa shape index (κ3) is 5.83. The van der Waals surface area contributed by atoms with Crippen molar-refractivity contribution in [2.45, 2.75) is 45.1 Å². The van der Waals surface area contributed by atoms with Gasteiger partial charge in [-0.1, -0.05) is 13.3 Å². The summed E-state index contributed by atoms with van der Waals surface area (Å²) in [5.41, 5.74) is 0. The highest BCUT2D eigenvalue weighted by Crippen LogP contribution is 2.07. The summed E-state index contributed by atoms with van der Waals surface area (Å²) in [6, 6.07) is 0.718. The lowest BCUT2D eigenvalue weighted by Crippen LogP contribution is -2.37. The molecule has 1 rings (SSSR count). The summed E-state index contributed by atoms with van der Waals surface area (Å²) >= 11 is 0. The van der Waals surface area contributed by atoms with Gasteiger partial charge in [-0.05, 0) is 45.3 Å². The third-order valence-electron chi connectivity index (χ3n) is 3.27. The van der Waals surface area contributed by atoms with Crippen molar-refractivity contribution in [2.24, 2.45) is 0 Å². The minimum absolute atomic E-state index is 0.718. The van der Waals surface area contributed by atoms with Crippen molar-refractivity contribution < 1.29 is 4.74 Å². The molecule has 1 saturated heterocycles. The van der Waals surface area contributed by atoms with E-state index < -0.39 is 0 Å². The average Bonchev–Trinajstić information content (AvgIpc) is 2.51. The zero-order valence-electron chi connectivity index (χ0n) is 11.0. The van der Waals surface area contributed by atoms with Gasteiger partial charge in [-0.25, -0.2) is 0 Å². The number of methoxy groups -OCH3 is 1. The standard InChI is InChI=1S/C13H28N2O/c1-3-7-13-12-15(10-6-8-14-13)9-4-5-11-16-2/h13-14H,3-12H2,1-2H3. The normalized spacial score (nSPS) is 23.2. The van der Waals surface area contributed by atoms with Gasteiger partial charge in [-0.15, -0.1) is 0 Å². The van der Waals surface area contributed by atoms with Gasteiger partial charge in [0, 0.05) is 26.3 Å². The van der Waals surface area contributed by atoms with E-state index in [0.717, 1.165) is 12.6 Å². The van der Waals surface area contributed by atoms with E-state index in [4.69, 9.17) is 4.74 Å². The van der Waals surface area contributed by atoms with Gasteiger partial charge in [-0.3, -0.25) is 0 Å². The smallest absolute Gasteiger partial charge is 0.0462 e. The molecule has 0 bridgehead atoms. The van der Waals surface area contributed by atoms with Gasteiger partial charge >= 0.3 is 0 Å². The number of ether oxygens (including phenoxy) is 1. The van der Waals surface area contributed by atoms with Crippen LogP contribution in [0, 0.1) is 0 Å². The first-order valence-electron chi connectivity index (χ1n) is 6.81. The Balaban J connectivity index is 2.17. The van der Waals surface area contributed by atoms with Crippen LogP contribution >= 0.6 is 0 Å². The highest BCUT2D eigenvalue weighted by atomic mass is 16.5. The van der Waals surface area contributed by atoms with Gasteiger partial charge in [0.15, 0.2) is 0 Å². The van der Waals surface area contributed by atoms with E-state index in [2.05, 4.69) is 17.1 Å². The number of rotatable bonds is 7. The fraction of sp³-hybridized carbons (Fsp3) is 1.00. The van der Waals surface area contributed by atoms with Crippen LogP contribution in [0.25, 0.3) is 0 Å². The summed E-state index contributed by atoms with van der Waals surface area (Å²) in [6.07, 6.45) is 6.36. The van der Waals surface area contributed by atoms with Crippen molar-refractivity contribution in [1.82, 2.24) is 10.2 Å². The lowest BCUT2D eigenvalue weighted by molar-refractivity contribution is 0.183. The molecule has 0 amide bonds. The van der Waals surface area contributed by atoms with E-state index in [1.165, 1.54) is 58.3 Å². The third-order valence-corrected chi connectivity index (χ3v) is 3.27. The Labute approximate surface area is 101 Å². The highest BCUT2D eigenvalue weighted by molar-refractivity contribution is 4.76. The molecule has 3 heteroatoms. The number of nitrogens with one attached hydrogen (secondary N) is 1. The maximum absolute atomic E-state index is 5.08. The first-order chi connectivity index (χ1) is 7.86. The first-order valence-corrected chi connectivity index (χ1v) is 6.81. The maximum atomic E-state index is 5.08. The van der Waals surface area contributed by atoms with E-state index in [0.29, 0.717) is 0 Å². The molecule has 1 fully saturated rings. The van der Waals surface area contributed by atoms with E-state index in [1.54, 1.807) is 7.11 Å². The summed E-state index contributed by atoms with van der Waals surface area (Å²) in [5.74, 6) is 0. The van der Waals surface area contributed by atoms with Crippen LogP contribution in [0.2, 0.25) is 0 Å². The van der Waals surface area contributed by atoms with Gasteiger partial charge in [-0.2, -0.15) is 0 Å². The number of hydrogen-bond donors (Lipinski definition) is 1. The molecule has 0 spiro atoms. The van der Waals surface area contributed by atoms with E-state index in [1.807, 2.05) is 0 Å². The van der Waals surface area contributed by atoms with Crippen molar-refractivity contribution in [3.8, 4) is 0 Å². The molecule has 0 aromatic heterocycles. The van der Waals surface area contributed by atoms with Gasteiger partial charge in [0.05, 0.1) is 0 Å². The molecule has 1 unspecified atom stereocenters. The van der Waals surface area contributed by atoms with Crippen LogP contribution in [-0.2, 0) is 4.74 Å². The molecule has 96 valence electrons. The summed E-state index contributed by atoms with van der Waals surface area (Å²) < 4.78 is 5.08. The summed E-state index contributed by atoms with van der Waals surface area (Å²) in [4.78, 5) is 2.62. The zero-order chi connectivity index (χ0) is 11.6. The van der Waals surface area contributed by atoms with Crippen LogP contribution in [0.1, 0.15) is 39.0 Å². The van der Waals surface area contributed by atoms with Crippen LogP contribution in [0.5, 0.6) is 0 Å². The van der Waals surface area contributed by atoms with Crippen molar-refractivity contribution in [3.05, 3.63) is 0 Å². The highest BCUT2D eigenvalue weighted by Gasteiger charge is 2.15. The van der Waals surface area contributed by atoms with Gasteiger partial charge in [0.1, 0.15) is 0 Å². The maximum Gasteiger partial charge on any atom is 0.0462 e. The van der Waals surface area contributed by atoms with Crippen molar-refractivity contribution in [3.63, 3.8) is 0 Å². The Hall–Kier alpha value is -0.120. The predicted molar refractivity (Wildman–Crippen MR) is 68.9 cm³/mol. The van der Waals surface area contributed by atoms with Gasteiger partial charge in [0.2, 0.25) is 0 Å². The second-order valence-electron chi connectivity index (χ2n) is 4.79. The Kier molecular flexibility index (Phi) is 7.81.